The van der Waals surface area contributed by atoms with Crippen molar-refractivity contribution < 1.29 is 4.42 Å². The Morgan fingerprint density at radius 1 is 0.344 bits per heavy atom. The van der Waals surface area contributed by atoms with Crippen molar-refractivity contribution in [3.05, 3.63) is 231 Å². The van der Waals surface area contributed by atoms with E-state index in [1.165, 1.54) is 54.8 Å². The zero-order chi connectivity index (χ0) is 40.3. The molecule has 0 atom stereocenters. The third-order valence-corrected chi connectivity index (χ3v) is 12.2. The highest BCUT2D eigenvalue weighted by Crippen LogP contribution is 2.45. The van der Waals surface area contributed by atoms with Gasteiger partial charge >= 0.3 is 0 Å². The quantitative estimate of drug-likeness (QED) is 0.161. The van der Waals surface area contributed by atoms with E-state index in [0.717, 1.165) is 55.8 Å². The molecule has 0 unspecified atom stereocenters. The summed E-state index contributed by atoms with van der Waals surface area (Å²) >= 11 is 0. The van der Waals surface area contributed by atoms with Crippen molar-refractivity contribution in [3.8, 4) is 39.1 Å². The van der Waals surface area contributed by atoms with Crippen LogP contribution in [0.25, 0.3) is 93.6 Å². The van der Waals surface area contributed by atoms with Crippen LogP contribution in [0.4, 0.5) is 17.1 Å². The smallest absolute Gasteiger partial charge is 0.136 e. The minimum Gasteiger partial charge on any atom is -0.456 e. The summed E-state index contributed by atoms with van der Waals surface area (Å²) < 4.78 is 8.76. The fourth-order valence-corrected chi connectivity index (χ4v) is 9.30. The second-order valence-electron chi connectivity index (χ2n) is 15.7. The van der Waals surface area contributed by atoms with Gasteiger partial charge in [0.15, 0.2) is 0 Å². The molecule has 0 bridgehead atoms. The molecule has 0 aliphatic heterocycles. The molecule has 0 spiro atoms. The van der Waals surface area contributed by atoms with Crippen molar-refractivity contribution in [2.45, 2.75) is 0 Å². The molecule has 0 aliphatic carbocycles. The molecule has 2 aromatic heterocycles. The normalized spacial score (nSPS) is 11.6. The molecule has 0 saturated carbocycles. The van der Waals surface area contributed by atoms with E-state index in [2.05, 4.69) is 234 Å². The van der Waals surface area contributed by atoms with Crippen LogP contribution in [0.2, 0.25) is 0 Å². The van der Waals surface area contributed by atoms with Crippen molar-refractivity contribution in [2.75, 3.05) is 4.90 Å². The third-order valence-electron chi connectivity index (χ3n) is 12.2. The molecule has 0 radical (unpaired) electrons. The van der Waals surface area contributed by atoms with Gasteiger partial charge in [0, 0.05) is 44.2 Å². The molecule has 0 saturated heterocycles. The molecule has 0 amide bonds. The van der Waals surface area contributed by atoms with E-state index in [1.54, 1.807) is 0 Å². The number of anilines is 3. The fourth-order valence-electron chi connectivity index (χ4n) is 9.30. The van der Waals surface area contributed by atoms with Crippen molar-refractivity contribution in [3.63, 3.8) is 0 Å². The zero-order valence-electron chi connectivity index (χ0n) is 33.2. The van der Waals surface area contributed by atoms with Crippen molar-refractivity contribution >= 4 is 71.6 Å². The van der Waals surface area contributed by atoms with Crippen LogP contribution in [0.5, 0.6) is 0 Å². The number of rotatable bonds is 7. The number of aromatic nitrogens is 1. The Kier molecular flexibility index (Phi) is 8.17. The van der Waals surface area contributed by atoms with E-state index in [0.29, 0.717) is 0 Å². The van der Waals surface area contributed by atoms with Crippen LogP contribution in [-0.4, -0.2) is 4.57 Å². The second-order valence-corrected chi connectivity index (χ2v) is 15.7. The number of benzene rings is 10. The summed E-state index contributed by atoms with van der Waals surface area (Å²) in [4.78, 5) is 2.39. The highest BCUT2D eigenvalue weighted by Gasteiger charge is 2.21. The van der Waals surface area contributed by atoms with Crippen molar-refractivity contribution in [2.24, 2.45) is 0 Å². The molecule has 286 valence electrons. The molecule has 3 nitrogen and oxygen atoms in total. The molecule has 12 aromatic rings. The van der Waals surface area contributed by atoms with E-state index < -0.39 is 0 Å². The van der Waals surface area contributed by atoms with Gasteiger partial charge in [-0.15, -0.1) is 0 Å². The van der Waals surface area contributed by atoms with Crippen LogP contribution < -0.4 is 4.90 Å². The molecule has 0 aliphatic rings. The molecule has 10 aromatic carbocycles. The molecule has 0 fully saturated rings. The Balaban J connectivity index is 0.974. The highest BCUT2D eigenvalue weighted by molar-refractivity contribution is 6.14. The summed E-state index contributed by atoms with van der Waals surface area (Å²) in [5, 5.41) is 7.24. The Hall–Kier alpha value is -8.14. The van der Waals surface area contributed by atoms with Gasteiger partial charge in [-0.25, -0.2) is 0 Å². The van der Waals surface area contributed by atoms with Gasteiger partial charge in [0.2, 0.25) is 0 Å². The van der Waals surface area contributed by atoms with E-state index in [1.807, 2.05) is 6.07 Å². The molecule has 3 heteroatoms. The van der Waals surface area contributed by atoms with E-state index in [-0.39, 0.29) is 0 Å². The lowest BCUT2D eigenvalue weighted by Crippen LogP contribution is -2.11. The number of para-hydroxylation sites is 4. The summed E-state index contributed by atoms with van der Waals surface area (Å²) in [5.74, 6) is 0. The summed E-state index contributed by atoms with van der Waals surface area (Å²) in [6.45, 7) is 0. The van der Waals surface area contributed by atoms with E-state index in [4.69, 9.17) is 4.42 Å². The Bertz CT molecular complexity index is 3520. The maximum Gasteiger partial charge on any atom is 0.136 e. The van der Waals surface area contributed by atoms with Gasteiger partial charge < -0.3 is 13.9 Å². The van der Waals surface area contributed by atoms with Gasteiger partial charge in [-0.2, -0.15) is 0 Å². The fraction of sp³-hybridized carbons (Fsp3) is 0. The maximum absolute atomic E-state index is 6.38. The molecule has 0 N–H and O–H groups in total. The van der Waals surface area contributed by atoms with Crippen LogP contribution in [-0.2, 0) is 0 Å². The first-order chi connectivity index (χ1) is 30.2. The second kappa shape index (κ2) is 14.3. The average molecular weight is 779 g/mol. The van der Waals surface area contributed by atoms with Crippen LogP contribution in [0, 0.1) is 0 Å². The van der Waals surface area contributed by atoms with Crippen LogP contribution >= 0.6 is 0 Å². The minimum absolute atomic E-state index is 0.881. The predicted molar refractivity (Wildman–Crippen MR) is 257 cm³/mol. The van der Waals surface area contributed by atoms with E-state index >= 15 is 0 Å². The summed E-state index contributed by atoms with van der Waals surface area (Å²) in [7, 11) is 0. The molecular formula is C58H38N2O. The Morgan fingerprint density at radius 2 is 0.852 bits per heavy atom. The zero-order valence-corrected chi connectivity index (χ0v) is 33.2. The monoisotopic (exact) mass is 778 g/mol. The van der Waals surface area contributed by atoms with Crippen LogP contribution in [0.15, 0.2) is 235 Å². The van der Waals surface area contributed by atoms with Gasteiger partial charge in [-0.3, -0.25) is 0 Å². The molecular weight excluding hydrogens is 741 g/mol. The van der Waals surface area contributed by atoms with Crippen molar-refractivity contribution in [1.29, 1.82) is 0 Å². The molecule has 61 heavy (non-hydrogen) atoms. The summed E-state index contributed by atoms with van der Waals surface area (Å²) in [6, 6.07) is 82.9. The average Bonchev–Trinajstić information content (AvgIpc) is 3.88. The summed E-state index contributed by atoms with van der Waals surface area (Å²) in [6.07, 6.45) is 0. The first kappa shape index (κ1) is 34.9. The van der Waals surface area contributed by atoms with Gasteiger partial charge in [0.25, 0.3) is 0 Å². The highest BCUT2D eigenvalue weighted by atomic mass is 16.3. The first-order valence-electron chi connectivity index (χ1n) is 20.8. The lowest BCUT2D eigenvalue weighted by Gasteiger charge is -2.28. The largest absolute Gasteiger partial charge is 0.456 e. The third kappa shape index (κ3) is 5.90. The number of fused-ring (bicyclic) bond motifs is 7. The molecule has 2 heterocycles. The van der Waals surface area contributed by atoms with Gasteiger partial charge in [0.05, 0.1) is 16.7 Å². The van der Waals surface area contributed by atoms with Gasteiger partial charge in [0.1, 0.15) is 11.2 Å². The van der Waals surface area contributed by atoms with Gasteiger partial charge in [-0.05, 0) is 111 Å². The Morgan fingerprint density at radius 3 is 1.57 bits per heavy atom. The lowest BCUT2D eigenvalue weighted by atomic mass is 9.96. The number of furan rings is 1. The molecule has 12 rings (SSSR count). The number of nitrogens with zero attached hydrogens (tertiary/aromatic N) is 2. The predicted octanol–water partition coefficient (Wildman–Crippen LogP) is 16.3. The van der Waals surface area contributed by atoms with Crippen molar-refractivity contribution in [1.82, 2.24) is 4.57 Å². The number of hydrogen-bond donors (Lipinski definition) is 0. The SMILES string of the molecule is c1ccc(N(c2ccc(-c3ccc(-c4ccc5ccccc5c4)cc3)cc2)c2ccc(-n3c4ccccc4c4ccccc43)cc2)c(-c2cccc3oc4ccccc4c23)c1. The van der Waals surface area contributed by atoms with Crippen LogP contribution in [0.1, 0.15) is 0 Å². The Labute approximate surface area is 353 Å². The minimum atomic E-state index is 0.881. The standard InChI is InChI=1S/C58H38N2O/c1-2-13-43-38-44(29-28-39(43)12-1)42-26-24-40(25-27-42)41-30-32-45(33-31-41)59(46-34-36-47(37-35-46)60-54-20-8-3-14-48(54)49-15-4-9-21-55(49)60)53-19-7-5-16-50(53)51-18-11-23-57-58(51)52-17-6-10-22-56(52)61-57/h1-38H. The van der Waals surface area contributed by atoms with Crippen LogP contribution in [0.3, 0.4) is 0 Å². The van der Waals surface area contributed by atoms with E-state index in [9.17, 15) is 0 Å². The topological polar surface area (TPSA) is 21.3 Å². The number of hydrogen-bond acceptors (Lipinski definition) is 2. The maximum atomic E-state index is 6.38. The first-order valence-corrected chi connectivity index (χ1v) is 20.8. The van der Waals surface area contributed by atoms with Gasteiger partial charge in [-0.1, -0.05) is 158 Å². The lowest BCUT2D eigenvalue weighted by molar-refractivity contribution is 0.669. The summed E-state index contributed by atoms with van der Waals surface area (Å²) in [5.41, 5.74) is 15.5.